The summed E-state index contributed by atoms with van der Waals surface area (Å²) >= 11 is 0. The summed E-state index contributed by atoms with van der Waals surface area (Å²) in [5.74, 6) is 0.997. The van der Waals surface area contributed by atoms with Crippen LogP contribution in [0.25, 0.3) is 0 Å². The van der Waals surface area contributed by atoms with Gasteiger partial charge >= 0.3 is 0 Å². The second-order valence-corrected chi connectivity index (χ2v) is 5.63. The van der Waals surface area contributed by atoms with Crippen LogP contribution in [0.4, 0.5) is 0 Å². The van der Waals surface area contributed by atoms with Crippen LogP contribution < -0.4 is 5.73 Å². The molecular weight excluding hydrogens is 224 g/mol. The lowest BCUT2D eigenvalue weighted by atomic mass is 10.0. The fourth-order valence-corrected chi connectivity index (χ4v) is 3.18. The van der Waals surface area contributed by atoms with Gasteiger partial charge in [-0.15, -0.1) is 0 Å². The normalized spacial score (nSPS) is 21.8. The van der Waals surface area contributed by atoms with Gasteiger partial charge in [0.05, 0.1) is 12.3 Å². The van der Waals surface area contributed by atoms with E-state index < -0.39 is 0 Å². The van der Waals surface area contributed by atoms with E-state index in [1.54, 1.807) is 6.26 Å². The summed E-state index contributed by atoms with van der Waals surface area (Å²) in [6.07, 6.45) is 9.78. The first-order valence-electron chi connectivity index (χ1n) is 7.21. The Bertz CT molecular complexity index is 326. The summed E-state index contributed by atoms with van der Waals surface area (Å²) in [4.78, 5) is 2.44. The SMILES string of the molecule is CC(N)C(c1ccco1)N(C)C1CCCCCC1. The van der Waals surface area contributed by atoms with Crippen molar-refractivity contribution in [3.05, 3.63) is 24.2 Å². The van der Waals surface area contributed by atoms with Crippen molar-refractivity contribution in [2.75, 3.05) is 7.05 Å². The monoisotopic (exact) mass is 250 g/mol. The Morgan fingerprint density at radius 1 is 1.28 bits per heavy atom. The summed E-state index contributed by atoms with van der Waals surface area (Å²) in [5.41, 5.74) is 6.17. The third kappa shape index (κ3) is 3.15. The Balaban J connectivity index is 2.10. The van der Waals surface area contributed by atoms with Crippen LogP contribution in [-0.4, -0.2) is 24.0 Å². The van der Waals surface area contributed by atoms with Crippen LogP contribution >= 0.6 is 0 Å². The van der Waals surface area contributed by atoms with Crippen molar-refractivity contribution in [2.45, 2.75) is 63.6 Å². The molecule has 0 saturated heterocycles. The lowest BCUT2D eigenvalue weighted by molar-refractivity contribution is 0.124. The van der Waals surface area contributed by atoms with Crippen molar-refractivity contribution < 1.29 is 4.42 Å². The van der Waals surface area contributed by atoms with Crippen LogP contribution in [-0.2, 0) is 0 Å². The summed E-state index contributed by atoms with van der Waals surface area (Å²) < 4.78 is 5.58. The molecule has 1 heterocycles. The van der Waals surface area contributed by atoms with Gasteiger partial charge in [0.2, 0.25) is 0 Å². The van der Waals surface area contributed by atoms with Gasteiger partial charge in [-0.1, -0.05) is 25.7 Å². The average Bonchev–Trinajstić information content (AvgIpc) is 2.70. The lowest BCUT2D eigenvalue weighted by Gasteiger charge is -2.35. The molecule has 18 heavy (non-hydrogen) atoms. The largest absolute Gasteiger partial charge is 0.468 e. The van der Waals surface area contributed by atoms with E-state index in [0.717, 1.165) is 5.76 Å². The van der Waals surface area contributed by atoms with Crippen LogP contribution in [0.2, 0.25) is 0 Å². The second kappa shape index (κ2) is 6.39. The first-order chi connectivity index (χ1) is 8.70. The maximum atomic E-state index is 6.17. The van der Waals surface area contributed by atoms with Crippen LogP contribution in [0.1, 0.15) is 57.3 Å². The van der Waals surface area contributed by atoms with E-state index in [1.807, 2.05) is 12.1 Å². The van der Waals surface area contributed by atoms with E-state index >= 15 is 0 Å². The third-order valence-corrected chi connectivity index (χ3v) is 4.17. The molecule has 2 N–H and O–H groups in total. The Hall–Kier alpha value is -0.800. The molecule has 1 aromatic rings. The van der Waals surface area contributed by atoms with Gasteiger partial charge in [-0.3, -0.25) is 4.90 Å². The number of nitrogens with two attached hydrogens (primary N) is 1. The predicted molar refractivity (Wildman–Crippen MR) is 74.4 cm³/mol. The van der Waals surface area contributed by atoms with Gasteiger partial charge in [-0.05, 0) is 38.9 Å². The number of likely N-dealkylation sites (N-methyl/N-ethyl adjacent to an activating group) is 1. The van der Waals surface area contributed by atoms with Crippen molar-refractivity contribution in [2.24, 2.45) is 5.73 Å². The van der Waals surface area contributed by atoms with Gasteiger partial charge in [0, 0.05) is 12.1 Å². The Labute approximate surface area is 110 Å². The van der Waals surface area contributed by atoms with Crippen LogP contribution in [0, 0.1) is 0 Å². The molecule has 2 atom stereocenters. The molecule has 102 valence electrons. The standard InChI is InChI=1S/C15H26N2O/c1-12(16)15(14-10-7-11-18-14)17(2)13-8-5-3-4-6-9-13/h7,10-13,15H,3-6,8-9,16H2,1-2H3. The molecular formula is C15H26N2O. The van der Waals surface area contributed by atoms with Gasteiger partial charge in [0.1, 0.15) is 5.76 Å². The smallest absolute Gasteiger partial charge is 0.122 e. The highest BCUT2D eigenvalue weighted by Crippen LogP contribution is 2.30. The highest BCUT2D eigenvalue weighted by molar-refractivity contribution is 5.07. The van der Waals surface area contributed by atoms with E-state index in [4.69, 9.17) is 10.2 Å². The number of nitrogens with zero attached hydrogens (tertiary/aromatic N) is 1. The molecule has 3 nitrogen and oxygen atoms in total. The summed E-state index contributed by atoms with van der Waals surface area (Å²) in [6, 6.07) is 4.92. The quantitative estimate of drug-likeness (QED) is 0.834. The van der Waals surface area contributed by atoms with Crippen LogP contribution in [0.3, 0.4) is 0 Å². The maximum absolute atomic E-state index is 6.17. The summed E-state index contributed by atoms with van der Waals surface area (Å²) in [6.45, 7) is 2.07. The zero-order valence-electron chi connectivity index (χ0n) is 11.6. The van der Waals surface area contributed by atoms with Crippen LogP contribution in [0.15, 0.2) is 22.8 Å². The van der Waals surface area contributed by atoms with Crippen molar-refractivity contribution in [1.29, 1.82) is 0 Å². The minimum atomic E-state index is 0.0874. The van der Waals surface area contributed by atoms with Crippen molar-refractivity contribution in [3.8, 4) is 0 Å². The number of rotatable bonds is 4. The number of furan rings is 1. The highest BCUT2D eigenvalue weighted by Gasteiger charge is 2.29. The molecule has 1 aliphatic rings. The third-order valence-electron chi connectivity index (χ3n) is 4.17. The van der Waals surface area contributed by atoms with Crippen LogP contribution in [0.5, 0.6) is 0 Å². The van der Waals surface area contributed by atoms with Gasteiger partial charge < -0.3 is 10.2 Å². The molecule has 2 unspecified atom stereocenters. The molecule has 1 aliphatic carbocycles. The molecule has 0 amide bonds. The molecule has 0 radical (unpaired) electrons. The second-order valence-electron chi connectivity index (χ2n) is 5.63. The van der Waals surface area contributed by atoms with E-state index in [-0.39, 0.29) is 12.1 Å². The van der Waals surface area contributed by atoms with Gasteiger partial charge in [0.15, 0.2) is 0 Å². The van der Waals surface area contributed by atoms with E-state index in [9.17, 15) is 0 Å². The van der Waals surface area contributed by atoms with Crippen molar-refractivity contribution >= 4 is 0 Å². The van der Waals surface area contributed by atoms with E-state index in [0.29, 0.717) is 6.04 Å². The Kier molecular flexibility index (Phi) is 4.84. The molecule has 0 aromatic carbocycles. The van der Waals surface area contributed by atoms with Crippen molar-refractivity contribution in [1.82, 2.24) is 4.90 Å². The van der Waals surface area contributed by atoms with E-state index in [1.165, 1.54) is 38.5 Å². The minimum absolute atomic E-state index is 0.0874. The highest BCUT2D eigenvalue weighted by atomic mass is 16.3. The molecule has 2 rings (SSSR count). The predicted octanol–water partition coefficient (Wildman–Crippen LogP) is 3.32. The number of hydrogen-bond acceptors (Lipinski definition) is 3. The summed E-state index contributed by atoms with van der Waals surface area (Å²) in [7, 11) is 2.20. The lowest BCUT2D eigenvalue weighted by Crippen LogP contribution is -2.42. The zero-order valence-corrected chi connectivity index (χ0v) is 11.6. The molecule has 1 fully saturated rings. The minimum Gasteiger partial charge on any atom is -0.468 e. The molecule has 0 spiro atoms. The summed E-state index contributed by atoms with van der Waals surface area (Å²) in [5, 5.41) is 0. The maximum Gasteiger partial charge on any atom is 0.122 e. The Morgan fingerprint density at radius 2 is 1.94 bits per heavy atom. The molecule has 3 heteroatoms. The molecule has 1 aromatic heterocycles. The van der Waals surface area contributed by atoms with Crippen molar-refractivity contribution in [3.63, 3.8) is 0 Å². The fraction of sp³-hybridized carbons (Fsp3) is 0.733. The van der Waals surface area contributed by atoms with Gasteiger partial charge in [-0.25, -0.2) is 0 Å². The van der Waals surface area contributed by atoms with Gasteiger partial charge in [0.25, 0.3) is 0 Å². The topological polar surface area (TPSA) is 42.4 Å². The molecule has 0 aliphatic heterocycles. The first-order valence-corrected chi connectivity index (χ1v) is 7.21. The average molecular weight is 250 g/mol. The molecule has 0 bridgehead atoms. The molecule has 1 saturated carbocycles. The fourth-order valence-electron chi connectivity index (χ4n) is 3.18. The van der Waals surface area contributed by atoms with E-state index in [2.05, 4.69) is 18.9 Å². The Morgan fingerprint density at radius 3 is 2.44 bits per heavy atom. The van der Waals surface area contributed by atoms with Gasteiger partial charge in [-0.2, -0.15) is 0 Å². The first kappa shape index (κ1) is 13.6. The zero-order chi connectivity index (χ0) is 13.0. The number of hydrogen-bond donors (Lipinski definition) is 1.